The van der Waals surface area contributed by atoms with Crippen LogP contribution < -0.4 is 5.73 Å². The molecular formula is C14H18ClN3O2S. The molecule has 0 saturated carbocycles. The van der Waals surface area contributed by atoms with Gasteiger partial charge in [0, 0.05) is 19.1 Å². The summed E-state index contributed by atoms with van der Waals surface area (Å²) in [6, 6.07) is 6.07. The van der Waals surface area contributed by atoms with Gasteiger partial charge in [-0.1, -0.05) is 25.4 Å². The molecule has 1 heterocycles. The van der Waals surface area contributed by atoms with Gasteiger partial charge in [-0.05, 0) is 30.0 Å². The third kappa shape index (κ3) is 3.06. The van der Waals surface area contributed by atoms with Gasteiger partial charge in [0.25, 0.3) is 0 Å². The van der Waals surface area contributed by atoms with E-state index in [9.17, 15) is 8.42 Å². The first kappa shape index (κ1) is 16.2. The molecule has 1 aliphatic rings. The lowest BCUT2D eigenvalue weighted by molar-refractivity contribution is 0.155. The van der Waals surface area contributed by atoms with E-state index in [1.807, 2.05) is 19.9 Å². The number of nitrogens with zero attached hydrogens (tertiary/aromatic N) is 2. The lowest BCUT2D eigenvalue weighted by atomic mass is 9.81. The molecule has 2 rings (SSSR count). The number of benzene rings is 1. The van der Waals surface area contributed by atoms with Gasteiger partial charge < -0.3 is 5.73 Å². The lowest BCUT2D eigenvalue weighted by Crippen LogP contribution is -2.53. The first-order chi connectivity index (χ1) is 9.68. The largest absolute Gasteiger partial charge is 0.327 e. The van der Waals surface area contributed by atoms with Gasteiger partial charge in [0.2, 0.25) is 10.0 Å². The van der Waals surface area contributed by atoms with Crippen LogP contribution in [0.3, 0.4) is 0 Å². The maximum Gasteiger partial charge on any atom is 0.243 e. The molecule has 7 heteroatoms. The number of sulfonamides is 1. The van der Waals surface area contributed by atoms with Crippen molar-refractivity contribution < 1.29 is 8.42 Å². The zero-order valence-electron chi connectivity index (χ0n) is 12.0. The number of nitriles is 1. The summed E-state index contributed by atoms with van der Waals surface area (Å²) in [5, 5.41) is 9.00. The van der Waals surface area contributed by atoms with E-state index in [1.165, 1.54) is 22.5 Å². The normalized spacial score (nSPS) is 22.7. The summed E-state index contributed by atoms with van der Waals surface area (Å²) in [5.74, 6) is 0. The van der Waals surface area contributed by atoms with Crippen LogP contribution in [0, 0.1) is 16.7 Å². The minimum Gasteiger partial charge on any atom is -0.327 e. The fourth-order valence-electron chi connectivity index (χ4n) is 2.43. The Morgan fingerprint density at radius 2 is 2.14 bits per heavy atom. The molecule has 1 saturated heterocycles. The molecule has 1 fully saturated rings. The van der Waals surface area contributed by atoms with Gasteiger partial charge in [-0.25, -0.2) is 8.42 Å². The monoisotopic (exact) mass is 327 g/mol. The topological polar surface area (TPSA) is 87.2 Å². The molecule has 2 N–H and O–H groups in total. The van der Waals surface area contributed by atoms with E-state index in [2.05, 4.69) is 0 Å². The van der Waals surface area contributed by atoms with E-state index < -0.39 is 10.0 Å². The van der Waals surface area contributed by atoms with Crippen LogP contribution in [0.25, 0.3) is 0 Å². The van der Waals surface area contributed by atoms with Crippen molar-refractivity contribution in [3.05, 3.63) is 28.8 Å². The average Bonchev–Trinajstić information content (AvgIpc) is 2.41. The number of nitrogens with two attached hydrogens (primary N) is 1. The lowest BCUT2D eigenvalue weighted by Gasteiger charge is -2.41. The first-order valence-corrected chi connectivity index (χ1v) is 8.45. The van der Waals surface area contributed by atoms with E-state index in [4.69, 9.17) is 22.6 Å². The Bertz CT molecular complexity index is 695. The first-order valence-electron chi connectivity index (χ1n) is 6.64. The van der Waals surface area contributed by atoms with Gasteiger partial charge in [0.15, 0.2) is 0 Å². The van der Waals surface area contributed by atoms with Crippen molar-refractivity contribution in [2.75, 3.05) is 13.1 Å². The van der Waals surface area contributed by atoms with Crippen molar-refractivity contribution in [1.29, 1.82) is 5.26 Å². The Balaban J connectivity index is 2.35. The quantitative estimate of drug-likeness (QED) is 0.899. The molecule has 1 unspecified atom stereocenters. The number of hydrogen-bond donors (Lipinski definition) is 1. The zero-order chi connectivity index (χ0) is 15.8. The van der Waals surface area contributed by atoms with Crippen molar-refractivity contribution in [3.8, 4) is 6.07 Å². The third-order valence-corrected chi connectivity index (χ3v) is 6.13. The van der Waals surface area contributed by atoms with Crippen LogP contribution in [0.2, 0.25) is 5.02 Å². The fraction of sp³-hybridized carbons (Fsp3) is 0.500. The summed E-state index contributed by atoms with van der Waals surface area (Å²) in [4.78, 5) is 0.109. The molecule has 0 aromatic heterocycles. The van der Waals surface area contributed by atoms with E-state index in [0.29, 0.717) is 19.5 Å². The predicted molar refractivity (Wildman–Crippen MR) is 81.3 cm³/mol. The van der Waals surface area contributed by atoms with Crippen molar-refractivity contribution >= 4 is 21.6 Å². The van der Waals surface area contributed by atoms with E-state index in [-0.39, 0.29) is 26.9 Å². The highest BCUT2D eigenvalue weighted by Gasteiger charge is 2.38. The standard InChI is InChI=1S/C14H18ClN3O2S/c1-14(2)9-18(6-5-13(14)17)21(19,20)11-4-3-10(8-16)12(15)7-11/h3-4,7,13H,5-6,9,17H2,1-2H3. The Kier molecular flexibility index (Phi) is 4.31. The summed E-state index contributed by atoms with van der Waals surface area (Å²) in [5.41, 5.74) is 6.02. The van der Waals surface area contributed by atoms with Crippen LogP contribution in [0.4, 0.5) is 0 Å². The molecule has 1 aromatic rings. The van der Waals surface area contributed by atoms with E-state index in [1.54, 1.807) is 0 Å². The van der Waals surface area contributed by atoms with Crippen LogP contribution in [0.5, 0.6) is 0 Å². The van der Waals surface area contributed by atoms with Crippen molar-refractivity contribution in [3.63, 3.8) is 0 Å². The summed E-state index contributed by atoms with van der Waals surface area (Å²) < 4.78 is 26.8. The molecule has 0 radical (unpaired) electrons. The summed E-state index contributed by atoms with van der Waals surface area (Å²) in [7, 11) is -3.62. The molecule has 1 aliphatic heterocycles. The van der Waals surface area contributed by atoms with Crippen LogP contribution in [0.15, 0.2) is 23.1 Å². The molecule has 1 aromatic carbocycles. The molecule has 0 spiro atoms. The Labute approximate surface area is 130 Å². The van der Waals surface area contributed by atoms with Crippen LogP contribution >= 0.6 is 11.6 Å². The maximum atomic E-state index is 12.7. The van der Waals surface area contributed by atoms with E-state index in [0.717, 1.165) is 0 Å². The second-order valence-electron chi connectivity index (χ2n) is 5.98. The summed E-state index contributed by atoms with van der Waals surface area (Å²) in [6.07, 6.45) is 0.621. The molecule has 0 aliphatic carbocycles. The molecule has 0 amide bonds. The van der Waals surface area contributed by atoms with Crippen LogP contribution in [-0.2, 0) is 10.0 Å². The van der Waals surface area contributed by atoms with E-state index >= 15 is 0 Å². The van der Waals surface area contributed by atoms with Crippen molar-refractivity contribution in [2.45, 2.75) is 31.2 Å². The molecule has 0 bridgehead atoms. The van der Waals surface area contributed by atoms with Crippen molar-refractivity contribution in [2.24, 2.45) is 11.1 Å². The third-order valence-electron chi connectivity index (χ3n) is 3.98. The Morgan fingerprint density at radius 3 is 2.67 bits per heavy atom. The van der Waals surface area contributed by atoms with Gasteiger partial charge >= 0.3 is 0 Å². The smallest absolute Gasteiger partial charge is 0.243 e. The minimum atomic E-state index is -3.62. The average molecular weight is 328 g/mol. The fourth-order valence-corrected chi connectivity index (χ4v) is 4.37. The number of rotatable bonds is 2. The number of piperidine rings is 1. The zero-order valence-corrected chi connectivity index (χ0v) is 13.6. The minimum absolute atomic E-state index is 0.0199. The highest BCUT2D eigenvalue weighted by atomic mass is 35.5. The van der Waals surface area contributed by atoms with Crippen LogP contribution in [0.1, 0.15) is 25.8 Å². The maximum absolute atomic E-state index is 12.7. The van der Waals surface area contributed by atoms with Gasteiger partial charge in [0.05, 0.1) is 15.5 Å². The molecule has 21 heavy (non-hydrogen) atoms. The van der Waals surface area contributed by atoms with Gasteiger partial charge in [0.1, 0.15) is 6.07 Å². The molecule has 114 valence electrons. The summed E-state index contributed by atoms with van der Waals surface area (Å²) in [6.45, 7) is 4.69. The molecule has 5 nitrogen and oxygen atoms in total. The van der Waals surface area contributed by atoms with Gasteiger partial charge in [-0.3, -0.25) is 0 Å². The SMILES string of the molecule is CC1(C)CN(S(=O)(=O)c2ccc(C#N)c(Cl)c2)CCC1N. The molecule has 1 atom stereocenters. The second-order valence-corrected chi connectivity index (χ2v) is 8.32. The van der Waals surface area contributed by atoms with Gasteiger partial charge in [-0.15, -0.1) is 0 Å². The van der Waals surface area contributed by atoms with Gasteiger partial charge in [-0.2, -0.15) is 9.57 Å². The Hall–Kier alpha value is -1.13. The number of halogens is 1. The second kappa shape index (κ2) is 5.58. The highest BCUT2D eigenvalue weighted by molar-refractivity contribution is 7.89. The predicted octanol–water partition coefficient (Wildman–Crippen LogP) is 1.96. The van der Waals surface area contributed by atoms with Crippen LogP contribution in [-0.4, -0.2) is 31.9 Å². The Morgan fingerprint density at radius 1 is 1.48 bits per heavy atom. The molecular weight excluding hydrogens is 310 g/mol. The highest BCUT2D eigenvalue weighted by Crippen LogP contribution is 2.32. The summed E-state index contributed by atoms with van der Waals surface area (Å²) >= 11 is 5.93. The number of hydrogen-bond acceptors (Lipinski definition) is 4. The van der Waals surface area contributed by atoms with Crippen molar-refractivity contribution in [1.82, 2.24) is 4.31 Å².